The summed E-state index contributed by atoms with van der Waals surface area (Å²) in [5, 5.41) is 10.8. The lowest BCUT2D eigenvalue weighted by atomic mass is 10.1. The maximum atomic E-state index is 12.8. The fourth-order valence-corrected chi connectivity index (χ4v) is 2.15. The summed E-state index contributed by atoms with van der Waals surface area (Å²) in [5.41, 5.74) is -2.70. The monoisotopic (exact) mass is 333 g/mol. The molecular weight excluding hydrogens is 327 g/mol. The number of ether oxygens (including phenoxy) is 1. The Labute approximate surface area is 115 Å². The highest BCUT2D eigenvalue weighted by Crippen LogP contribution is 2.43. The fraction of sp³-hybridized carbons (Fsp3) is 0.333. The molecular formula is C9H7ClF3NO5S. The van der Waals surface area contributed by atoms with Gasteiger partial charge >= 0.3 is 11.9 Å². The quantitative estimate of drug-likeness (QED) is 0.480. The van der Waals surface area contributed by atoms with Crippen LogP contribution >= 0.6 is 10.7 Å². The summed E-state index contributed by atoms with van der Waals surface area (Å²) < 4.78 is 65.3. The molecule has 0 spiro atoms. The van der Waals surface area contributed by atoms with Crippen molar-refractivity contribution in [1.82, 2.24) is 0 Å². The van der Waals surface area contributed by atoms with Gasteiger partial charge in [-0.3, -0.25) is 10.1 Å². The minimum absolute atomic E-state index is 0.195. The number of halogens is 4. The van der Waals surface area contributed by atoms with E-state index in [9.17, 15) is 31.7 Å². The first-order chi connectivity index (χ1) is 8.98. The minimum atomic E-state index is -5.03. The van der Waals surface area contributed by atoms with Crippen LogP contribution in [0.25, 0.3) is 0 Å². The lowest BCUT2D eigenvalue weighted by molar-refractivity contribution is -0.386. The van der Waals surface area contributed by atoms with Crippen molar-refractivity contribution in [2.45, 2.75) is 18.0 Å². The Bertz CT molecular complexity index is 644. The number of rotatable bonds is 4. The van der Waals surface area contributed by atoms with E-state index in [1.807, 2.05) is 0 Å². The Morgan fingerprint density at radius 1 is 1.40 bits per heavy atom. The van der Waals surface area contributed by atoms with Crippen LogP contribution < -0.4 is 4.74 Å². The van der Waals surface area contributed by atoms with Gasteiger partial charge in [0.05, 0.1) is 16.4 Å². The van der Waals surface area contributed by atoms with Crippen molar-refractivity contribution >= 4 is 25.4 Å². The van der Waals surface area contributed by atoms with Gasteiger partial charge in [0.1, 0.15) is 5.56 Å². The first-order valence-corrected chi connectivity index (χ1v) is 7.26. The molecule has 0 aliphatic rings. The van der Waals surface area contributed by atoms with Gasteiger partial charge < -0.3 is 4.74 Å². The Hall–Kier alpha value is -1.55. The van der Waals surface area contributed by atoms with Crippen molar-refractivity contribution in [3.05, 3.63) is 27.8 Å². The third-order valence-electron chi connectivity index (χ3n) is 2.12. The summed E-state index contributed by atoms with van der Waals surface area (Å²) in [4.78, 5) is 8.57. The second-order valence-electron chi connectivity index (χ2n) is 3.44. The molecule has 0 saturated carbocycles. The molecule has 11 heteroatoms. The molecule has 1 aromatic rings. The molecule has 0 atom stereocenters. The van der Waals surface area contributed by atoms with Crippen LogP contribution in [0.2, 0.25) is 0 Å². The van der Waals surface area contributed by atoms with E-state index >= 15 is 0 Å². The third-order valence-corrected chi connectivity index (χ3v) is 3.45. The predicted octanol–water partition coefficient (Wildman–Crippen LogP) is 2.94. The molecule has 0 unspecified atom stereocenters. The summed E-state index contributed by atoms with van der Waals surface area (Å²) >= 11 is 0. The van der Waals surface area contributed by atoms with E-state index < -0.39 is 42.0 Å². The van der Waals surface area contributed by atoms with Crippen molar-refractivity contribution in [1.29, 1.82) is 0 Å². The number of nitro groups is 1. The largest absolute Gasteiger partial charge is 0.487 e. The molecule has 1 aromatic carbocycles. The topological polar surface area (TPSA) is 86.5 Å². The van der Waals surface area contributed by atoms with E-state index in [-0.39, 0.29) is 12.7 Å². The van der Waals surface area contributed by atoms with Gasteiger partial charge in [-0.25, -0.2) is 8.42 Å². The second kappa shape index (κ2) is 5.44. The molecule has 1 rings (SSSR count). The van der Waals surface area contributed by atoms with Gasteiger partial charge in [-0.15, -0.1) is 0 Å². The molecule has 112 valence electrons. The molecule has 0 aliphatic carbocycles. The van der Waals surface area contributed by atoms with Gasteiger partial charge in [0, 0.05) is 16.7 Å². The van der Waals surface area contributed by atoms with Crippen LogP contribution in [0.1, 0.15) is 12.5 Å². The van der Waals surface area contributed by atoms with Crippen molar-refractivity contribution in [3.8, 4) is 5.75 Å². The Morgan fingerprint density at radius 3 is 2.30 bits per heavy atom. The van der Waals surface area contributed by atoms with Crippen LogP contribution in [0.4, 0.5) is 18.9 Å². The standard InChI is InChI=1S/C9H7ClF3NO5S/c1-2-19-8-6(9(11,12)13)3-5(20(10,17)18)4-7(8)14(15)16/h3-4H,2H2,1H3. The second-order valence-corrected chi connectivity index (χ2v) is 6.01. The van der Waals surface area contributed by atoms with E-state index in [0.717, 1.165) is 0 Å². The number of nitrogens with zero attached hydrogens (tertiary/aromatic N) is 1. The molecule has 6 nitrogen and oxygen atoms in total. The molecule has 0 heterocycles. The average molecular weight is 334 g/mol. The molecule has 0 fully saturated rings. The number of alkyl halides is 3. The van der Waals surface area contributed by atoms with Crippen molar-refractivity contribution in [2.24, 2.45) is 0 Å². The molecule has 0 saturated heterocycles. The van der Waals surface area contributed by atoms with Crippen LogP contribution in [-0.2, 0) is 15.2 Å². The van der Waals surface area contributed by atoms with Crippen molar-refractivity contribution in [3.63, 3.8) is 0 Å². The zero-order chi connectivity index (χ0) is 15.7. The third kappa shape index (κ3) is 3.51. The number of nitro benzene ring substituents is 1. The summed E-state index contributed by atoms with van der Waals surface area (Å²) in [6.45, 7) is 1.06. The van der Waals surface area contributed by atoms with E-state index in [0.29, 0.717) is 6.07 Å². The smallest absolute Gasteiger partial charge is 0.420 e. The van der Waals surface area contributed by atoms with Gasteiger partial charge in [0.15, 0.2) is 0 Å². The average Bonchev–Trinajstić information content (AvgIpc) is 2.26. The summed E-state index contributed by atoms with van der Waals surface area (Å²) in [5.74, 6) is -1.05. The highest BCUT2D eigenvalue weighted by Gasteiger charge is 2.40. The van der Waals surface area contributed by atoms with E-state index in [4.69, 9.17) is 10.7 Å². The SMILES string of the molecule is CCOc1c([N+](=O)[O-])cc(S(=O)(=O)Cl)cc1C(F)(F)F. The number of hydrogen-bond donors (Lipinski definition) is 0. The molecule has 0 N–H and O–H groups in total. The van der Waals surface area contributed by atoms with E-state index in [1.165, 1.54) is 6.92 Å². The fourth-order valence-electron chi connectivity index (χ4n) is 1.37. The zero-order valence-corrected chi connectivity index (χ0v) is 11.3. The normalized spacial score (nSPS) is 12.2. The lowest BCUT2D eigenvalue weighted by Crippen LogP contribution is -2.12. The predicted molar refractivity (Wildman–Crippen MR) is 62.3 cm³/mol. The van der Waals surface area contributed by atoms with Gasteiger partial charge in [-0.05, 0) is 13.0 Å². The maximum Gasteiger partial charge on any atom is 0.420 e. The van der Waals surface area contributed by atoms with Crippen LogP contribution in [0, 0.1) is 10.1 Å². The zero-order valence-electron chi connectivity index (χ0n) is 9.77. The van der Waals surface area contributed by atoms with Crippen LogP contribution in [0.3, 0.4) is 0 Å². The Morgan fingerprint density at radius 2 is 1.95 bits per heavy atom. The van der Waals surface area contributed by atoms with E-state index in [1.54, 1.807) is 0 Å². The van der Waals surface area contributed by atoms with Crippen molar-refractivity contribution < 1.29 is 31.2 Å². The summed E-state index contributed by atoms with van der Waals surface area (Å²) in [6, 6.07) is 0.614. The van der Waals surface area contributed by atoms with Gasteiger partial charge in [-0.2, -0.15) is 13.2 Å². The van der Waals surface area contributed by atoms with Crippen molar-refractivity contribution in [2.75, 3.05) is 6.61 Å². The molecule has 0 aromatic heterocycles. The molecule has 0 bridgehead atoms. The Kier molecular flexibility index (Phi) is 4.49. The summed E-state index contributed by atoms with van der Waals surface area (Å²) in [6.07, 6.45) is -5.03. The lowest BCUT2D eigenvalue weighted by Gasteiger charge is -2.14. The van der Waals surface area contributed by atoms with Crippen LogP contribution in [0.15, 0.2) is 17.0 Å². The molecule has 0 radical (unpaired) electrons. The van der Waals surface area contributed by atoms with Crippen LogP contribution in [-0.4, -0.2) is 19.9 Å². The highest BCUT2D eigenvalue weighted by molar-refractivity contribution is 8.13. The van der Waals surface area contributed by atoms with Gasteiger partial charge in [0.25, 0.3) is 9.05 Å². The number of hydrogen-bond acceptors (Lipinski definition) is 5. The first kappa shape index (κ1) is 16.5. The van der Waals surface area contributed by atoms with E-state index in [2.05, 4.69) is 4.74 Å². The van der Waals surface area contributed by atoms with Crippen LogP contribution in [0.5, 0.6) is 5.75 Å². The first-order valence-electron chi connectivity index (χ1n) is 4.95. The van der Waals surface area contributed by atoms with Gasteiger partial charge in [0.2, 0.25) is 5.75 Å². The maximum absolute atomic E-state index is 12.8. The van der Waals surface area contributed by atoms with Gasteiger partial charge in [-0.1, -0.05) is 0 Å². The molecule has 0 amide bonds. The summed E-state index contributed by atoms with van der Waals surface area (Å²) in [7, 11) is 0.367. The molecule has 20 heavy (non-hydrogen) atoms. The Balaban J connectivity index is 3.78. The number of benzene rings is 1. The highest BCUT2D eigenvalue weighted by atomic mass is 35.7. The minimum Gasteiger partial charge on any atom is -0.487 e. The molecule has 0 aliphatic heterocycles.